The van der Waals surface area contributed by atoms with Crippen LogP contribution in [0.25, 0.3) is 0 Å². The molecule has 1 aliphatic rings. The molecule has 1 nitrogen and oxygen atoms in total. The molecule has 0 aromatic carbocycles. The largest absolute Gasteiger partial charge is 0.393 e. The summed E-state index contributed by atoms with van der Waals surface area (Å²) in [4.78, 5) is 0. The maximum absolute atomic E-state index is 10.3. The van der Waals surface area contributed by atoms with E-state index in [-0.39, 0.29) is 6.10 Å². The van der Waals surface area contributed by atoms with E-state index < -0.39 is 0 Å². The average molecular weight is 226 g/mol. The number of hydrogen-bond acceptors (Lipinski definition) is 1. The highest BCUT2D eigenvalue weighted by Gasteiger charge is 2.35. The minimum atomic E-state index is -0.0175. The Balaban J connectivity index is 2.32. The van der Waals surface area contributed by atoms with Crippen molar-refractivity contribution in [3.05, 3.63) is 0 Å². The Morgan fingerprint density at radius 3 is 2.25 bits per heavy atom. The third-order valence-electron chi connectivity index (χ3n) is 3.93. The van der Waals surface area contributed by atoms with Gasteiger partial charge >= 0.3 is 0 Å². The van der Waals surface area contributed by atoms with Crippen LogP contribution in [-0.2, 0) is 0 Å². The highest BCUT2D eigenvalue weighted by molar-refractivity contribution is 4.86. The van der Waals surface area contributed by atoms with E-state index in [9.17, 15) is 5.11 Å². The number of aliphatic hydroxyl groups is 1. The maximum Gasteiger partial charge on any atom is 0.0596 e. The molecule has 0 saturated heterocycles. The number of aliphatic hydroxyl groups excluding tert-OH is 1. The lowest BCUT2D eigenvalue weighted by atomic mass is 9.82. The van der Waals surface area contributed by atoms with E-state index in [4.69, 9.17) is 0 Å². The molecule has 0 spiro atoms. The standard InChI is InChI=1S/C15H30O/c1-5-6-7-8-12-9-10-13(14(12)16)11-15(2,3)4/h12-14,16H,5-11H2,1-4H3. The Labute approximate surface area is 102 Å². The topological polar surface area (TPSA) is 20.2 Å². The van der Waals surface area contributed by atoms with Crippen molar-refractivity contribution in [3.63, 3.8) is 0 Å². The minimum absolute atomic E-state index is 0.0175. The van der Waals surface area contributed by atoms with E-state index >= 15 is 0 Å². The first kappa shape index (κ1) is 14.0. The quantitative estimate of drug-likeness (QED) is 0.689. The highest BCUT2D eigenvalue weighted by Crippen LogP contribution is 2.40. The van der Waals surface area contributed by atoms with Crippen molar-refractivity contribution >= 4 is 0 Å². The summed E-state index contributed by atoms with van der Waals surface area (Å²) >= 11 is 0. The van der Waals surface area contributed by atoms with Crippen LogP contribution in [0.2, 0.25) is 0 Å². The molecule has 0 bridgehead atoms. The molecule has 1 fully saturated rings. The summed E-state index contributed by atoms with van der Waals surface area (Å²) in [6, 6.07) is 0. The van der Waals surface area contributed by atoms with Crippen LogP contribution in [0.5, 0.6) is 0 Å². The fourth-order valence-corrected chi connectivity index (χ4v) is 3.14. The summed E-state index contributed by atoms with van der Waals surface area (Å²) in [7, 11) is 0. The SMILES string of the molecule is CCCCCC1CCC(CC(C)(C)C)C1O. The van der Waals surface area contributed by atoms with Gasteiger partial charge in [-0.05, 0) is 42.9 Å². The van der Waals surface area contributed by atoms with Gasteiger partial charge in [0.25, 0.3) is 0 Å². The fourth-order valence-electron chi connectivity index (χ4n) is 3.14. The molecule has 3 atom stereocenters. The summed E-state index contributed by atoms with van der Waals surface area (Å²) in [5.41, 5.74) is 0.365. The van der Waals surface area contributed by atoms with Crippen molar-refractivity contribution in [2.75, 3.05) is 0 Å². The van der Waals surface area contributed by atoms with E-state index in [1.165, 1.54) is 44.9 Å². The second-order valence-electron chi connectivity index (χ2n) is 6.85. The predicted molar refractivity (Wildman–Crippen MR) is 70.4 cm³/mol. The van der Waals surface area contributed by atoms with Gasteiger partial charge in [-0.3, -0.25) is 0 Å². The van der Waals surface area contributed by atoms with Crippen LogP contribution >= 0.6 is 0 Å². The van der Waals surface area contributed by atoms with Crippen LogP contribution in [0.3, 0.4) is 0 Å². The Morgan fingerprint density at radius 1 is 1.06 bits per heavy atom. The van der Waals surface area contributed by atoms with Crippen molar-refractivity contribution < 1.29 is 5.11 Å². The third kappa shape index (κ3) is 4.45. The Bertz CT molecular complexity index is 192. The Kier molecular flexibility index (Phi) is 5.30. The molecule has 1 aliphatic carbocycles. The fraction of sp³-hybridized carbons (Fsp3) is 1.00. The van der Waals surface area contributed by atoms with E-state index in [1.807, 2.05) is 0 Å². The molecule has 3 unspecified atom stereocenters. The molecule has 1 heteroatoms. The first-order valence-electron chi connectivity index (χ1n) is 7.12. The molecule has 16 heavy (non-hydrogen) atoms. The zero-order valence-corrected chi connectivity index (χ0v) is 11.6. The van der Waals surface area contributed by atoms with Crippen LogP contribution in [0.4, 0.5) is 0 Å². The zero-order chi connectivity index (χ0) is 12.2. The second kappa shape index (κ2) is 6.05. The molecular formula is C15H30O. The Hall–Kier alpha value is -0.0400. The van der Waals surface area contributed by atoms with E-state index in [0.717, 1.165) is 0 Å². The molecule has 0 heterocycles. The van der Waals surface area contributed by atoms with Gasteiger partial charge in [-0.2, -0.15) is 0 Å². The molecular weight excluding hydrogens is 196 g/mol. The molecule has 0 aromatic heterocycles. The smallest absolute Gasteiger partial charge is 0.0596 e. The molecule has 96 valence electrons. The summed E-state index contributed by atoms with van der Waals surface area (Å²) in [6.07, 6.45) is 8.83. The lowest BCUT2D eigenvalue weighted by Crippen LogP contribution is -2.24. The molecule has 1 saturated carbocycles. The lowest BCUT2D eigenvalue weighted by Gasteiger charge is -2.26. The molecule has 0 radical (unpaired) electrons. The molecule has 0 aliphatic heterocycles. The first-order valence-corrected chi connectivity index (χ1v) is 7.12. The van der Waals surface area contributed by atoms with Crippen LogP contribution in [0, 0.1) is 17.3 Å². The van der Waals surface area contributed by atoms with Gasteiger partial charge < -0.3 is 5.11 Å². The van der Waals surface area contributed by atoms with Gasteiger partial charge in [0, 0.05) is 0 Å². The second-order valence-corrected chi connectivity index (χ2v) is 6.85. The average Bonchev–Trinajstić information content (AvgIpc) is 2.48. The van der Waals surface area contributed by atoms with E-state index in [1.54, 1.807) is 0 Å². The van der Waals surface area contributed by atoms with Gasteiger partial charge in [0.2, 0.25) is 0 Å². The van der Waals surface area contributed by atoms with Crippen molar-refractivity contribution in [1.29, 1.82) is 0 Å². The summed E-state index contributed by atoms with van der Waals surface area (Å²) < 4.78 is 0. The molecule has 1 rings (SSSR count). The monoisotopic (exact) mass is 226 g/mol. The van der Waals surface area contributed by atoms with Crippen molar-refractivity contribution in [2.24, 2.45) is 17.3 Å². The summed E-state index contributed by atoms with van der Waals surface area (Å²) in [5.74, 6) is 1.16. The van der Waals surface area contributed by atoms with Crippen molar-refractivity contribution in [1.82, 2.24) is 0 Å². The van der Waals surface area contributed by atoms with Crippen LogP contribution in [0.15, 0.2) is 0 Å². The minimum Gasteiger partial charge on any atom is -0.393 e. The van der Waals surface area contributed by atoms with Gasteiger partial charge in [0.15, 0.2) is 0 Å². The van der Waals surface area contributed by atoms with Crippen molar-refractivity contribution in [3.8, 4) is 0 Å². The Morgan fingerprint density at radius 2 is 1.69 bits per heavy atom. The number of unbranched alkanes of at least 4 members (excludes halogenated alkanes) is 2. The number of hydrogen-bond donors (Lipinski definition) is 1. The van der Waals surface area contributed by atoms with Crippen LogP contribution in [0.1, 0.15) is 72.6 Å². The first-order chi connectivity index (χ1) is 7.44. The van der Waals surface area contributed by atoms with Crippen molar-refractivity contribution in [2.45, 2.75) is 78.7 Å². The highest BCUT2D eigenvalue weighted by atomic mass is 16.3. The normalized spacial score (nSPS) is 30.9. The summed E-state index contributed by atoms with van der Waals surface area (Å²) in [6.45, 7) is 9.09. The van der Waals surface area contributed by atoms with E-state index in [0.29, 0.717) is 17.3 Å². The van der Waals surface area contributed by atoms with E-state index in [2.05, 4.69) is 27.7 Å². The maximum atomic E-state index is 10.3. The van der Waals surface area contributed by atoms with Crippen LogP contribution < -0.4 is 0 Å². The van der Waals surface area contributed by atoms with Gasteiger partial charge in [0.1, 0.15) is 0 Å². The van der Waals surface area contributed by atoms with Gasteiger partial charge in [-0.15, -0.1) is 0 Å². The predicted octanol–water partition coefficient (Wildman–Crippen LogP) is 4.39. The molecule has 1 N–H and O–H groups in total. The third-order valence-corrected chi connectivity index (χ3v) is 3.93. The van der Waals surface area contributed by atoms with Crippen LogP contribution in [-0.4, -0.2) is 11.2 Å². The number of rotatable bonds is 5. The zero-order valence-electron chi connectivity index (χ0n) is 11.6. The van der Waals surface area contributed by atoms with Gasteiger partial charge in [-0.25, -0.2) is 0 Å². The molecule has 0 amide bonds. The molecule has 0 aromatic rings. The van der Waals surface area contributed by atoms with Gasteiger partial charge in [-0.1, -0.05) is 47.0 Å². The lowest BCUT2D eigenvalue weighted by molar-refractivity contribution is 0.0677. The van der Waals surface area contributed by atoms with Gasteiger partial charge in [0.05, 0.1) is 6.10 Å². The summed E-state index contributed by atoms with van der Waals surface area (Å²) in [5, 5.41) is 10.3.